The van der Waals surface area contributed by atoms with Crippen LogP contribution in [0.15, 0.2) is 0 Å². The maximum absolute atomic E-state index is 13.3. The lowest BCUT2D eigenvalue weighted by Gasteiger charge is -2.43. The van der Waals surface area contributed by atoms with Crippen molar-refractivity contribution in [2.75, 3.05) is 33.2 Å². The van der Waals surface area contributed by atoms with E-state index in [-0.39, 0.29) is 27.3 Å². The summed E-state index contributed by atoms with van der Waals surface area (Å²) in [6, 6.07) is 0. The molecule has 1 heterocycles. The van der Waals surface area contributed by atoms with Gasteiger partial charge in [0.1, 0.15) is 0 Å². The highest BCUT2D eigenvalue weighted by atomic mass is 79.9. The number of nitrogens with one attached hydrogen (secondary N) is 1. The standard InChI is InChI=1S/C16H25BrN2O2/c1-14(2)15(3)5-6-16(14,11(17)12(15)20)13(21)19-9-7-18(4)8-10-19/h11H,5-10H2,1-4H3/p+1/t11-,15-,16+/m1/s1. The van der Waals surface area contributed by atoms with Gasteiger partial charge in [-0.05, 0) is 18.3 Å². The van der Waals surface area contributed by atoms with Crippen molar-refractivity contribution >= 4 is 27.6 Å². The quantitative estimate of drug-likeness (QED) is 0.694. The van der Waals surface area contributed by atoms with Crippen LogP contribution in [-0.2, 0) is 9.59 Å². The van der Waals surface area contributed by atoms with Crippen molar-refractivity contribution in [2.45, 2.75) is 38.4 Å². The normalized spacial score (nSPS) is 42.6. The fourth-order valence-corrected chi connectivity index (χ4v) is 6.30. The van der Waals surface area contributed by atoms with Crippen molar-refractivity contribution in [2.24, 2.45) is 16.2 Å². The first-order chi connectivity index (χ1) is 9.68. The maximum Gasteiger partial charge on any atom is 0.231 e. The molecule has 118 valence electrons. The maximum atomic E-state index is 13.3. The minimum atomic E-state index is -0.552. The van der Waals surface area contributed by atoms with Crippen LogP contribution < -0.4 is 4.90 Å². The van der Waals surface area contributed by atoms with E-state index < -0.39 is 5.41 Å². The molecule has 1 N–H and O–H groups in total. The Balaban J connectivity index is 1.96. The third-order valence-electron chi connectivity index (χ3n) is 7.01. The molecule has 4 nitrogen and oxygen atoms in total. The second-order valence-electron chi connectivity index (χ2n) is 7.90. The highest BCUT2D eigenvalue weighted by Gasteiger charge is 2.77. The van der Waals surface area contributed by atoms with Crippen LogP contribution in [0.5, 0.6) is 0 Å². The van der Waals surface area contributed by atoms with Gasteiger partial charge in [0.2, 0.25) is 5.91 Å². The molecule has 2 bridgehead atoms. The Kier molecular flexibility index (Phi) is 3.35. The van der Waals surface area contributed by atoms with Crippen LogP contribution in [0, 0.1) is 16.2 Å². The number of Topliss-reactive ketones (excluding diaryl/α,β-unsaturated/α-hetero) is 1. The van der Waals surface area contributed by atoms with Crippen molar-refractivity contribution in [3.05, 3.63) is 0 Å². The van der Waals surface area contributed by atoms with E-state index in [1.54, 1.807) is 0 Å². The number of piperazine rings is 1. The third kappa shape index (κ3) is 1.65. The average molecular weight is 358 g/mol. The second kappa shape index (κ2) is 4.54. The van der Waals surface area contributed by atoms with Gasteiger partial charge in [-0.15, -0.1) is 0 Å². The number of rotatable bonds is 1. The molecular weight excluding hydrogens is 332 g/mol. The largest absolute Gasteiger partial charge is 0.334 e. The average Bonchev–Trinajstić information content (AvgIpc) is 2.71. The van der Waals surface area contributed by atoms with E-state index in [0.29, 0.717) is 0 Å². The van der Waals surface area contributed by atoms with Gasteiger partial charge in [-0.25, -0.2) is 0 Å². The Morgan fingerprint density at radius 3 is 2.29 bits per heavy atom. The summed E-state index contributed by atoms with van der Waals surface area (Å²) in [4.78, 5) is 29.2. The van der Waals surface area contributed by atoms with Gasteiger partial charge >= 0.3 is 0 Å². The minimum absolute atomic E-state index is 0.205. The Labute approximate surface area is 135 Å². The van der Waals surface area contributed by atoms with Crippen LogP contribution in [0.25, 0.3) is 0 Å². The molecule has 1 amide bonds. The molecule has 0 unspecified atom stereocenters. The van der Waals surface area contributed by atoms with Crippen molar-refractivity contribution < 1.29 is 14.5 Å². The van der Waals surface area contributed by atoms with Crippen molar-refractivity contribution in [1.29, 1.82) is 0 Å². The molecule has 2 saturated carbocycles. The zero-order chi connectivity index (χ0) is 15.6. The Morgan fingerprint density at radius 1 is 1.24 bits per heavy atom. The molecule has 1 saturated heterocycles. The lowest BCUT2D eigenvalue weighted by molar-refractivity contribution is -0.883. The molecule has 0 radical (unpaired) electrons. The summed E-state index contributed by atoms with van der Waals surface area (Å²) in [5, 5.41) is 0. The smallest absolute Gasteiger partial charge is 0.231 e. The van der Waals surface area contributed by atoms with Gasteiger partial charge < -0.3 is 9.80 Å². The highest BCUT2D eigenvalue weighted by molar-refractivity contribution is 9.10. The first-order valence-electron chi connectivity index (χ1n) is 7.97. The molecular formula is C16H26BrN2O2+. The third-order valence-corrected chi connectivity index (χ3v) is 8.20. The molecule has 2 aliphatic carbocycles. The highest BCUT2D eigenvalue weighted by Crippen LogP contribution is 2.72. The van der Waals surface area contributed by atoms with Crippen molar-refractivity contribution in [3.8, 4) is 0 Å². The molecule has 1 aliphatic heterocycles. The SMILES string of the molecule is C[NH+]1CCN(C(=O)[C@]23CC[C@](C)(C(=O)[C@H]2Br)C3(C)C)CC1. The van der Waals surface area contributed by atoms with Crippen molar-refractivity contribution in [1.82, 2.24) is 4.90 Å². The number of fused-ring (bicyclic) bond motifs is 2. The fraction of sp³-hybridized carbons (Fsp3) is 0.875. The van der Waals surface area contributed by atoms with Crippen LogP contribution in [0.3, 0.4) is 0 Å². The Morgan fingerprint density at radius 2 is 1.81 bits per heavy atom. The number of amides is 1. The summed E-state index contributed by atoms with van der Waals surface area (Å²) in [6.07, 6.45) is 1.67. The van der Waals surface area contributed by atoms with E-state index in [2.05, 4.69) is 43.7 Å². The molecule has 3 atom stereocenters. The number of hydrogen-bond donors (Lipinski definition) is 1. The summed E-state index contributed by atoms with van der Waals surface area (Å²) in [6.45, 7) is 9.93. The second-order valence-corrected chi connectivity index (χ2v) is 8.82. The summed E-state index contributed by atoms with van der Waals surface area (Å²) >= 11 is 3.61. The molecule has 0 aromatic carbocycles. The topological polar surface area (TPSA) is 41.8 Å². The number of quaternary nitrogens is 1. The molecule has 0 aromatic heterocycles. The van der Waals surface area contributed by atoms with Gasteiger partial charge in [0, 0.05) is 5.41 Å². The van der Waals surface area contributed by atoms with E-state index in [9.17, 15) is 9.59 Å². The van der Waals surface area contributed by atoms with Gasteiger partial charge in [0.25, 0.3) is 0 Å². The van der Waals surface area contributed by atoms with Crippen LogP contribution in [0.1, 0.15) is 33.6 Å². The molecule has 3 aliphatic rings. The fourth-order valence-electron chi connectivity index (χ4n) is 4.80. The van der Waals surface area contributed by atoms with E-state index in [1.165, 1.54) is 4.90 Å². The molecule has 5 heteroatoms. The number of carbonyl (C=O) groups is 2. The van der Waals surface area contributed by atoms with Crippen LogP contribution >= 0.6 is 15.9 Å². The summed E-state index contributed by atoms with van der Waals surface area (Å²) in [5.41, 5.74) is -1.20. The molecule has 21 heavy (non-hydrogen) atoms. The number of halogens is 1. The van der Waals surface area contributed by atoms with Gasteiger partial charge in [0.05, 0.1) is 43.5 Å². The van der Waals surface area contributed by atoms with E-state index in [0.717, 1.165) is 39.0 Å². The minimum Gasteiger partial charge on any atom is -0.334 e. The van der Waals surface area contributed by atoms with Crippen molar-refractivity contribution in [3.63, 3.8) is 0 Å². The van der Waals surface area contributed by atoms with Crippen LogP contribution in [0.2, 0.25) is 0 Å². The number of nitrogens with zero attached hydrogens (tertiary/aromatic N) is 1. The van der Waals surface area contributed by atoms with E-state index >= 15 is 0 Å². The van der Waals surface area contributed by atoms with E-state index in [4.69, 9.17) is 0 Å². The summed E-state index contributed by atoms with van der Waals surface area (Å²) in [7, 11) is 2.17. The molecule has 0 aromatic rings. The van der Waals surface area contributed by atoms with Crippen LogP contribution in [-0.4, -0.2) is 54.6 Å². The first-order valence-corrected chi connectivity index (χ1v) is 8.89. The lowest BCUT2D eigenvalue weighted by atomic mass is 9.64. The number of carbonyl (C=O) groups excluding carboxylic acids is 2. The first kappa shape index (κ1) is 15.5. The molecule has 3 fully saturated rings. The predicted molar refractivity (Wildman–Crippen MR) is 84.5 cm³/mol. The zero-order valence-corrected chi connectivity index (χ0v) is 15.0. The Hall–Kier alpha value is -0.420. The number of alkyl halides is 1. The molecule has 0 spiro atoms. The van der Waals surface area contributed by atoms with Gasteiger partial charge in [0.15, 0.2) is 5.78 Å². The summed E-state index contributed by atoms with van der Waals surface area (Å²) in [5.74, 6) is 0.434. The number of ketones is 1. The van der Waals surface area contributed by atoms with E-state index in [1.807, 2.05) is 4.90 Å². The number of hydrogen-bond acceptors (Lipinski definition) is 2. The summed E-state index contributed by atoms with van der Waals surface area (Å²) < 4.78 is 0. The zero-order valence-electron chi connectivity index (χ0n) is 13.5. The van der Waals surface area contributed by atoms with Crippen LogP contribution in [0.4, 0.5) is 0 Å². The number of likely N-dealkylation sites (N-methyl/N-ethyl adjacent to an activating group) is 1. The van der Waals surface area contributed by atoms with Gasteiger partial charge in [-0.3, -0.25) is 9.59 Å². The Bertz CT molecular complexity index is 499. The monoisotopic (exact) mass is 357 g/mol. The lowest BCUT2D eigenvalue weighted by Crippen LogP contribution is -3.12. The van der Waals surface area contributed by atoms with Gasteiger partial charge in [-0.2, -0.15) is 0 Å². The van der Waals surface area contributed by atoms with Gasteiger partial charge in [-0.1, -0.05) is 36.7 Å². The predicted octanol–water partition coefficient (Wildman–Crippen LogP) is 0.502. The molecule has 3 rings (SSSR count).